The highest BCUT2D eigenvalue weighted by atomic mass is 32.2. The van der Waals surface area contributed by atoms with E-state index in [0.29, 0.717) is 32.5 Å². The van der Waals surface area contributed by atoms with Crippen LogP contribution in [0.15, 0.2) is 71.6 Å². The molecule has 1 heterocycles. The third-order valence-corrected chi connectivity index (χ3v) is 7.02. The molecular weight excluding hydrogens is 403 g/mol. The number of hydrogen-bond donors (Lipinski definition) is 1. The van der Waals surface area contributed by atoms with Gasteiger partial charge in [0.1, 0.15) is 5.82 Å². The first-order valence-electron chi connectivity index (χ1n) is 9.96. The Balaban J connectivity index is 1.35. The fraction of sp³-hybridized carbons (Fsp3) is 0.261. The fourth-order valence-electron chi connectivity index (χ4n) is 3.79. The summed E-state index contributed by atoms with van der Waals surface area (Å²) in [5.74, 6) is -0.707. The van der Waals surface area contributed by atoms with E-state index < -0.39 is 15.8 Å². The molecule has 0 saturated carbocycles. The van der Waals surface area contributed by atoms with E-state index in [4.69, 9.17) is 0 Å². The summed E-state index contributed by atoms with van der Waals surface area (Å²) < 4.78 is 42.0. The van der Waals surface area contributed by atoms with Gasteiger partial charge in [-0.3, -0.25) is 4.79 Å². The van der Waals surface area contributed by atoms with Gasteiger partial charge in [0.25, 0.3) is 5.91 Å². The average molecular weight is 427 g/mol. The maximum absolute atomic E-state index is 13.9. The van der Waals surface area contributed by atoms with Gasteiger partial charge in [-0.1, -0.05) is 42.5 Å². The molecule has 0 unspecified atom stereocenters. The number of carbonyl (C=O) groups is 1. The molecule has 1 saturated heterocycles. The molecule has 0 bridgehead atoms. The van der Waals surface area contributed by atoms with E-state index in [0.717, 1.165) is 10.8 Å². The Hall–Kier alpha value is -2.77. The quantitative estimate of drug-likeness (QED) is 0.675. The number of nitrogens with one attached hydrogen (secondary N) is 1. The number of likely N-dealkylation sites (tertiary alicyclic amines) is 1. The number of fused-ring (bicyclic) bond motifs is 1. The van der Waals surface area contributed by atoms with E-state index in [-0.39, 0.29) is 22.3 Å². The van der Waals surface area contributed by atoms with Crippen LogP contribution in [0, 0.1) is 11.7 Å². The molecule has 0 radical (unpaired) electrons. The standard InChI is InChI=1S/C23H23FN2O3S/c24-22-8-4-3-7-21(22)23(27)26-13-11-17(12-14-26)16-25-30(28,29)20-10-9-18-5-1-2-6-19(18)15-20/h1-10,15,17,25H,11-14,16H2. The van der Waals surface area contributed by atoms with Gasteiger partial charge >= 0.3 is 0 Å². The highest BCUT2D eigenvalue weighted by Gasteiger charge is 2.26. The molecule has 0 spiro atoms. The Morgan fingerprint density at radius 1 is 0.967 bits per heavy atom. The summed E-state index contributed by atoms with van der Waals surface area (Å²) in [6.45, 7) is 1.28. The number of hydrogen-bond acceptors (Lipinski definition) is 3. The lowest BCUT2D eigenvalue weighted by atomic mass is 9.96. The largest absolute Gasteiger partial charge is 0.339 e. The van der Waals surface area contributed by atoms with Crippen molar-refractivity contribution in [1.29, 1.82) is 0 Å². The lowest BCUT2D eigenvalue weighted by Gasteiger charge is -2.32. The molecule has 7 heteroatoms. The smallest absolute Gasteiger partial charge is 0.256 e. The summed E-state index contributed by atoms with van der Waals surface area (Å²) >= 11 is 0. The second-order valence-electron chi connectivity index (χ2n) is 7.58. The zero-order valence-electron chi connectivity index (χ0n) is 16.4. The number of carbonyl (C=O) groups excluding carboxylic acids is 1. The van der Waals surface area contributed by atoms with E-state index in [9.17, 15) is 17.6 Å². The summed E-state index contributed by atoms with van der Waals surface area (Å²) in [5.41, 5.74) is 0.0768. The molecule has 1 fully saturated rings. The van der Waals surface area contributed by atoms with Gasteiger partial charge in [-0.15, -0.1) is 0 Å². The predicted molar refractivity (Wildman–Crippen MR) is 114 cm³/mol. The zero-order valence-corrected chi connectivity index (χ0v) is 17.2. The number of rotatable bonds is 5. The first-order valence-corrected chi connectivity index (χ1v) is 11.4. The Labute approximate surface area is 175 Å². The molecule has 156 valence electrons. The van der Waals surface area contributed by atoms with Crippen LogP contribution < -0.4 is 4.72 Å². The Bertz CT molecular complexity index is 1170. The van der Waals surface area contributed by atoms with Crippen LogP contribution in [0.25, 0.3) is 10.8 Å². The summed E-state index contributed by atoms with van der Waals surface area (Å²) in [4.78, 5) is 14.4. The van der Waals surface area contributed by atoms with Crippen LogP contribution in [0.5, 0.6) is 0 Å². The van der Waals surface area contributed by atoms with Crippen molar-refractivity contribution in [2.75, 3.05) is 19.6 Å². The molecule has 1 N–H and O–H groups in total. The van der Waals surface area contributed by atoms with Crippen molar-refractivity contribution >= 4 is 26.7 Å². The maximum Gasteiger partial charge on any atom is 0.256 e. The summed E-state index contributed by atoms with van der Waals surface area (Å²) in [5, 5.41) is 1.86. The third kappa shape index (κ3) is 4.37. The first-order chi connectivity index (χ1) is 14.4. The van der Waals surface area contributed by atoms with Crippen molar-refractivity contribution in [3.05, 3.63) is 78.1 Å². The van der Waals surface area contributed by atoms with Crippen molar-refractivity contribution in [3.8, 4) is 0 Å². The molecule has 0 atom stereocenters. The molecule has 1 aliphatic rings. The van der Waals surface area contributed by atoms with Crippen LogP contribution in [0.4, 0.5) is 4.39 Å². The molecule has 3 aromatic carbocycles. The zero-order chi connectivity index (χ0) is 21.1. The minimum absolute atomic E-state index is 0.0768. The Kier molecular flexibility index (Phi) is 5.83. The molecule has 30 heavy (non-hydrogen) atoms. The van der Waals surface area contributed by atoms with Gasteiger partial charge in [0.15, 0.2) is 0 Å². The van der Waals surface area contributed by atoms with Crippen LogP contribution in [-0.2, 0) is 10.0 Å². The monoisotopic (exact) mass is 426 g/mol. The van der Waals surface area contributed by atoms with Gasteiger partial charge in [0.2, 0.25) is 10.0 Å². The minimum atomic E-state index is -3.61. The molecule has 0 aromatic heterocycles. The Morgan fingerprint density at radius 2 is 1.63 bits per heavy atom. The van der Waals surface area contributed by atoms with Gasteiger partial charge in [-0.25, -0.2) is 17.5 Å². The molecule has 5 nitrogen and oxygen atoms in total. The average Bonchev–Trinajstić information content (AvgIpc) is 2.77. The van der Waals surface area contributed by atoms with Crippen LogP contribution >= 0.6 is 0 Å². The Morgan fingerprint density at radius 3 is 2.37 bits per heavy atom. The van der Waals surface area contributed by atoms with Gasteiger partial charge in [0, 0.05) is 19.6 Å². The lowest BCUT2D eigenvalue weighted by molar-refractivity contribution is 0.0687. The third-order valence-electron chi connectivity index (χ3n) is 5.60. The maximum atomic E-state index is 13.9. The molecule has 3 aromatic rings. The topological polar surface area (TPSA) is 66.5 Å². The summed E-state index contributed by atoms with van der Waals surface area (Å²) in [6.07, 6.45) is 1.33. The van der Waals surface area contributed by atoms with Gasteiger partial charge in [-0.2, -0.15) is 0 Å². The van der Waals surface area contributed by atoms with Gasteiger partial charge in [-0.05, 0) is 53.8 Å². The van der Waals surface area contributed by atoms with Crippen molar-refractivity contribution in [1.82, 2.24) is 9.62 Å². The number of benzene rings is 3. The second-order valence-corrected chi connectivity index (χ2v) is 9.34. The van der Waals surface area contributed by atoms with Crippen LogP contribution in [0.3, 0.4) is 0 Å². The SMILES string of the molecule is O=C(c1ccccc1F)N1CCC(CNS(=O)(=O)c2ccc3ccccc3c2)CC1. The van der Waals surface area contributed by atoms with Crippen molar-refractivity contribution in [2.45, 2.75) is 17.7 Å². The molecule has 4 rings (SSSR count). The number of halogens is 1. The molecule has 0 aliphatic carbocycles. The van der Waals surface area contributed by atoms with Crippen molar-refractivity contribution < 1.29 is 17.6 Å². The molecular formula is C23H23FN2O3S. The van der Waals surface area contributed by atoms with E-state index >= 15 is 0 Å². The summed E-state index contributed by atoms with van der Waals surface area (Å²) in [7, 11) is -3.61. The highest BCUT2D eigenvalue weighted by Crippen LogP contribution is 2.22. The second kappa shape index (κ2) is 8.53. The predicted octanol–water partition coefficient (Wildman–Crippen LogP) is 3.81. The lowest BCUT2D eigenvalue weighted by Crippen LogP contribution is -2.41. The number of sulfonamides is 1. The van der Waals surface area contributed by atoms with E-state index in [1.807, 2.05) is 24.3 Å². The van der Waals surface area contributed by atoms with E-state index in [1.54, 1.807) is 35.2 Å². The van der Waals surface area contributed by atoms with Crippen LogP contribution in [0.2, 0.25) is 0 Å². The number of piperidine rings is 1. The van der Waals surface area contributed by atoms with E-state index in [2.05, 4.69) is 4.72 Å². The first kappa shape index (κ1) is 20.5. The molecule has 1 amide bonds. The van der Waals surface area contributed by atoms with E-state index in [1.165, 1.54) is 12.1 Å². The van der Waals surface area contributed by atoms with Crippen molar-refractivity contribution in [3.63, 3.8) is 0 Å². The van der Waals surface area contributed by atoms with Crippen molar-refractivity contribution in [2.24, 2.45) is 5.92 Å². The minimum Gasteiger partial charge on any atom is -0.339 e. The summed E-state index contributed by atoms with van der Waals surface area (Å²) in [6, 6.07) is 18.7. The normalized spacial score (nSPS) is 15.4. The van der Waals surface area contributed by atoms with Crippen LogP contribution in [0.1, 0.15) is 23.2 Å². The van der Waals surface area contributed by atoms with Gasteiger partial charge in [0.05, 0.1) is 10.5 Å². The number of nitrogens with zero attached hydrogens (tertiary/aromatic N) is 1. The molecule has 1 aliphatic heterocycles. The van der Waals surface area contributed by atoms with Crippen LogP contribution in [-0.4, -0.2) is 38.9 Å². The van der Waals surface area contributed by atoms with Gasteiger partial charge < -0.3 is 4.90 Å². The highest BCUT2D eigenvalue weighted by molar-refractivity contribution is 7.89. The fourth-order valence-corrected chi connectivity index (χ4v) is 4.94. The number of amides is 1.